The summed E-state index contributed by atoms with van der Waals surface area (Å²) in [5.74, 6) is -0.459. The number of carbonyl (C=O) groups excluding carboxylic acids is 2. The molecular formula is C27H28N4O6. The van der Waals surface area contributed by atoms with Crippen molar-refractivity contribution >= 4 is 39.6 Å². The number of aryl methyl sites for hydroxylation is 1. The molecule has 1 aliphatic carbocycles. The lowest BCUT2D eigenvalue weighted by atomic mass is 10.2. The van der Waals surface area contributed by atoms with E-state index in [-0.39, 0.29) is 17.1 Å². The van der Waals surface area contributed by atoms with E-state index < -0.39 is 36.2 Å². The van der Waals surface area contributed by atoms with Crippen LogP contribution >= 0.6 is 0 Å². The first-order valence-electron chi connectivity index (χ1n) is 12.2. The fraction of sp³-hybridized carbons (Fsp3) is 0.333. The van der Waals surface area contributed by atoms with Crippen LogP contribution in [0.2, 0.25) is 0 Å². The third-order valence-corrected chi connectivity index (χ3v) is 6.69. The van der Waals surface area contributed by atoms with Crippen molar-refractivity contribution in [2.75, 3.05) is 12.4 Å². The number of rotatable bonds is 7. The molecule has 0 saturated heterocycles. The lowest BCUT2D eigenvalue weighted by Crippen LogP contribution is -2.46. The maximum atomic E-state index is 13.6. The number of methoxy groups -OCH3 is 1. The van der Waals surface area contributed by atoms with Gasteiger partial charge < -0.3 is 19.8 Å². The van der Waals surface area contributed by atoms with Crippen molar-refractivity contribution in [1.29, 1.82) is 0 Å². The van der Waals surface area contributed by atoms with Gasteiger partial charge in [-0.15, -0.1) is 0 Å². The predicted octanol–water partition coefficient (Wildman–Crippen LogP) is 2.92. The highest BCUT2D eigenvalue weighted by Crippen LogP contribution is 2.27. The largest absolute Gasteiger partial charge is 0.495 e. The van der Waals surface area contributed by atoms with Crippen LogP contribution in [0.1, 0.15) is 31.2 Å². The molecule has 10 nitrogen and oxygen atoms in total. The van der Waals surface area contributed by atoms with Crippen LogP contribution in [0.4, 0.5) is 5.69 Å². The highest BCUT2D eigenvalue weighted by molar-refractivity contribution is 6.03. The van der Waals surface area contributed by atoms with Gasteiger partial charge in [-0.2, -0.15) is 0 Å². The number of nitrogens with one attached hydrogen (secondary N) is 2. The van der Waals surface area contributed by atoms with Gasteiger partial charge in [0, 0.05) is 11.4 Å². The first-order valence-corrected chi connectivity index (χ1v) is 12.2. The van der Waals surface area contributed by atoms with Crippen LogP contribution in [0, 0.1) is 6.92 Å². The minimum atomic E-state index is -0.767. The second-order valence-electron chi connectivity index (χ2n) is 9.34. The van der Waals surface area contributed by atoms with Crippen LogP contribution in [0.3, 0.4) is 0 Å². The SMILES string of the molecule is COc1ccc(C)cc1NC(=O)Cn1c(=O)n(CC(=O)NC2CCCC2)c(=O)c2oc3ccccc3c21. The molecule has 0 aliphatic heterocycles. The zero-order valence-electron chi connectivity index (χ0n) is 20.7. The number of ether oxygens (including phenoxy) is 1. The van der Waals surface area contributed by atoms with Crippen molar-refractivity contribution in [3.8, 4) is 5.75 Å². The van der Waals surface area contributed by atoms with Gasteiger partial charge in [-0.25, -0.2) is 9.36 Å². The average molecular weight is 505 g/mol. The van der Waals surface area contributed by atoms with Gasteiger partial charge in [0.15, 0.2) is 0 Å². The lowest BCUT2D eigenvalue weighted by Gasteiger charge is -2.15. The van der Waals surface area contributed by atoms with Gasteiger partial charge in [0.25, 0.3) is 5.56 Å². The van der Waals surface area contributed by atoms with Crippen LogP contribution in [0.5, 0.6) is 5.75 Å². The Kier molecular flexibility index (Phi) is 6.56. The number of para-hydroxylation sites is 1. The van der Waals surface area contributed by atoms with Crippen LogP contribution < -0.4 is 26.6 Å². The summed E-state index contributed by atoms with van der Waals surface area (Å²) in [6.07, 6.45) is 3.80. The molecule has 0 unspecified atom stereocenters. The number of amides is 2. The van der Waals surface area contributed by atoms with E-state index in [9.17, 15) is 19.2 Å². The first-order chi connectivity index (χ1) is 17.9. The molecule has 4 aromatic rings. The van der Waals surface area contributed by atoms with Crippen LogP contribution in [0.25, 0.3) is 22.1 Å². The Morgan fingerprint density at radius 2 is 1.76 bits per heavy atom. The van der Waals surface area contributed by atoms with E-state index in [4.69, 9.17) is 9.15 Å². The lowest BCUT2D eigenvalue weighted by molar-refractivity contribution is -0.122. The van der Waals surface area contributed by atoms with Gasteiger partial charge >= 0.3 is 5.69 Å². The number of hydrogen-bond acceptors (Lipinski definition) is 6. The quantitative estimate of drug-likeness (QED) is 0.399. The monoisotopic (exact) mass is 504 g/mol. The third-order valence-electron chi connectivity index (χ3n) is 6.69. The molecule has 2 aromatic heterocycles. The highest BCUT2D eigenvalue weighted by Gasteiger charge is 2.24. The van der Waals surface area contributed by atoms with Crippen molar-refractivity contribution in [3.05, 3.63) is 68.9 Å². The second-order valence-corrected chi connectivity index (χ2v) is 9.34. The smallest absolute Gasteiger partial charge is 0.332 e. The predicted molar refractivity (Wildman–Crippen MR) is 139 cm³/mol. The van der Waals surface area contributed by atoms with E-state index in [1.807, 2.05) is 13.0 Å². The highest BCUT2D eigenvalue weighted by atomic mass is 16.5. The van der Waals surface area contributed by atoms with E-state index >= 15 is 0 Å². The number of furan rings is 1. The maximum absolute atomic E-state index is 13.6. The van der Waals surface area contributed by atoms with E-state index in [0.29, 0.717) is 22.4 Å². The van der Waals surface area contributed by atoms with Crippen LogP contribution in [0.15, 0.2) is 56.5 Å². The average Bonchev–Trinajstić information content (AvgIpc) is 3.52. The molecule has 192 valence electrons. The normalized spacial score (nSPS) is 13.8. The van der Waals surface area contributed by atoms with Gasteiger partial charge in [-0.1, -0.05) is 31.0 Å². The summed E-state index contributed by atoms with van der Waals surface area (Å²) in [5, 5.41) is 6.21. The number of fused-ring (bicyclic) bond motifs is 3. The van der Waals surface area contributed by atoms with Crippen LogP contribution in [-0.2, 0) is 22.7 Å². The van der Waals surface area contributed by atoms with Crippen molar-refractivity contribution in [2.24, 2.45) is 0 Å². The molecule has 1 fully saturated rings. The van der Waals surface area contributed by atoms with Gasteiger partial charge in [-0.3, -0.25) is 19.0 Å². The molecule has 2 aromatic carbocycles. The van der Waals surface area contributed by atoms with Crippen molar-refractivity contribution in [1.82, 2.24) is 14.5 Å². The molecule has 1 aliphatic rings. The van der Waals surface area contributed by atoms with Crippen LogP contribution in [-0.4, -0.2) is 34.1 Å². The van der Waals surface area contributed by atoms with Crippen molar-refractivity contribution < 1.29 is 18.7 Å². The van der Waals surface area contributed by atoms with E-state index in [1.165, 1.54) is 11.7 Å². The van der Waals surface area contributed by atoms with E-state index in [0.717, 1.165) is 35.8 Å². The summed E-state index contributed by atoms with van der Waals surface area (Å²) in [5.41, 5.74) is 0.416. The third kappa shape index (κ3) is 4.74. The fourth-order valence-corrected chi connectivity index (χ4v) is 4.92. The molecule has 2 N–H and O–H groups in total. The summed E-state index contributed by atoms with van der Waals surface area (Å²) in [6, 6.07) is 12.3. The number of nitrogens with zero attached hydrogens (tertiary/aromatic N) is 2. The summed E-state index contributed by atoms with van der Waals surface area (Å²) >= 11 is 0. The number of hydrogen-bond donors (Lipinski definition) is 2. The zero-order chi connectivity index (χ0) is 26.1. The summed E-state index contributed by atoms with van der Waals surface area (Å²) in [4.78, 5) is 52.7. The number of anilines is 1. The summed E-state index contributed by atoms with van der Waals surface area (Å²) in [6.45, 7) is 1.02. The molecule has 1 saturated carbocycles. The van der Waals surface area contributed by atoms with Crippen molar-refractivity contribution in [2.45, 2.75) is 51.7 Å². The van der Waals surface area contributed by atoms with E-state index in [2.05, 4.69) is 10.6 Å². The Balaban J connectivity index is 1.56. The molecule has 0 atom stereocenters. The minimum Gasteiger partial charge on any atom is -0.495 e. The summed E-state index contributed by atoms with van der Waals surface area (Å²) in [7, 11) is 1.50. The molecule has 0 radical (unpaired) electrons. The Morgan fingerprint density at radius 1 is 1.03 bits per heavy atom. The molecule has 37 heavy (non-hydrogen) atoms. The van der Waals surface area contributed by atoms with Crippen molar-refractivity contribution in [3.63, 3.8) is 0 Å². The Morgan fingerprint density at radius 3 is 2.51 bits per heavy atom. The fourth-order valence-electron chi connectivity index (χ4n) is 4.92. The number of aromatic nitrogens is 2. The standard InChI is InChI=1S/C27H28N4O6/c1-16-11-12-21(36-2)19(13-16)29-23(33)14-30-24-18-9-5-6-10-20(18)37-25(24)26(34)31(27(30)35)15-22(32)28-17-7-3-4-8-17/h5-6,9-13,17H,3-4,7-8,14-15H2,1-2H3,(H,28,32)(H,29,33). The zero-order valence-corrected chi connectivity index (χ0v) is 20.7. The Bertz CT molecular complexity index is 1620. The summed E-state index contributed by atoms with van der Waals surface area (Å²) < 4.78 is 13.2. The van der Waals surface area contributed by atoms with Gasteiger partial charge in [0.05, 0.1) is 12.8 Å². The van der Waals surface area contributed by atoms with Gasteiger partial charge in [-0.05, 0) is 49.6 Å². The van der Waals surface area contributed by atoms with E-state index in [1.54, 1.807) is 36.4 Å². The number of benzene rings is 2. The molecule has 0 bridgehead atoms. The second kappa shape index (κ2) is 9.96. The molecule has 5 rings (SSSR count). The Labute approximate surface area is 211 Å². The molecule has 0 spiro atoms. The first kappa shape index (κ1) is 24.4. The molecule has 10 heteroatoms. The molecular weight excluding hydrogens is 476 g/mol. The topological polar surface area (TPSA) is 125 Å². The minimum absolute atomic E-state index is 0.0375. The number of carbonyl (C=O) groups is 2. The molecule has 2 amide bonds. The maximum Gasteiger partial charge on any atom is 0.332 e. The Hall–Kier alpha value is -4.34. The van der Waals surface area contributed by atoms with Gasteiger partial charge in [0.1, 0.15) is 29.9 Å². The molecule has 2 heterocycles. The van der Waals surface area contributed by atoms with Gasteiger partial charge in [0.2, 0.25) is 17.4 Å².